The Morgan fingerprint density at radius 2 is 2.14 bits per heavy atom. The van der Waals surface area contributed by atoms with Crippen LogP contribution < -0.4 is 0 Å². The Morgan fingerprint density at radius 3 is 2.71 bits per heavy atom. The number of aliphatic hydroxyl groups excluding tert-OH is 2. The van der Waals surface area contributed by atoms with Crippen LogP contribution in [0.2, 0.25) is 0 Å². The van der Waals surface area contributed by atoms with Crippen LogP contribution >= 0.6 is 0 Å². The van der Waals surface area contributed by atoms with Crippen LogP contribution in [0.3, 0.4) is 0 Å². The van der Waals surface area contributed by atoms with Crippen molar-refractivity contribution >= 4 is 0 Å². The van der Waals surface area contributed by atoms with E-state index in [1.165, 1.54) is 6.07 Å². The molecule has 0 aromatic heterocycles. The molecule has 0 aliphatic rings. The number of aliphatic hydroxyl groups is 2. The van der Waals surface area contributed by atoms with E-state index >= 15 is 0 Å². The molecule has 0 spiro atoms. The van der Waals surface area contributed by atoms with Gasteiger partial charge in [-0.2, -0.15) is 0 Å². The molecule has 0 aliphatic carbocycles. The van der Waals surface area contributed by atoms with Crippen molar-refractivity contribution in [3.05, 3.63) is 35.1 Å². The third kappa shape index (κ3) is 3.09. The van der Waals surface area contributed by atoms with Crippen molar-refractivity contribution in [2.45, 2.75) is 25.9 Å². The normalized spacial score (nSPS) is 12.9. The van der Waals surface area contributed by atoms with Crippen molar-refractivity contribution < 1.29 is 14.6 Å². The van der Waals surface area contributed by atoms with Crippen molar-refractivity contribution in [2.24, 2.45) is 0 Å². The molecule has 2 nitrogen and oxygen atoms in total. The van der Waals surface area contributed by atoms with Crippen LogP contribution in [0.4, 0.5) is 4.39 Å². The van der Waals surface area contributed by atoms with Crippen LogP contribution in [0, 0.1) is 12.7 Å². The Balaban J connectivity index is 2.59. The fourth-order valence-electron chi connectivity index (χ4n) is 1.27. The van der Waals surface area contributed by atoms with E-state index in [1.54, 1.807) is 6.07 Å². The number of halogens is 1. The summed E-state index contributed by atoms with van der Waals surface area (Å²) in [4.78, 5) is 0. The van der Waals surface area contributed by atoms with Gasteiger partial charge in [-0.3, -0.25) is 0 Å². The highest BCUT2D eigenvalue weighted by molar-refractivity contribution is 5.23. The first kappa shape index (κ1) is 11.1. The van der Waals surface area contributed by atoms with Crippen molar-refractivity contribution in [3.63, 3.8) is 0 Å². The first-order valence-corrected chi connectivity index (χ1v) is 4.67. The number of benzene rings is 1. The fraction of sp³-hybridized carbons (Fsp3) is 0.455. The summed E-state index contributed by atoms with van der Waals surface area (Å²) in [7, 11) is 0. The molecule has 0 saturated carbocycles. The van der Waals surface area contributed by atoms with Crippen LogP contribution in [0.5, 0.6) is 0 Å². The lowest BCUT2D eigenvalue weighted by Gasteiger charge is -2.07. The average Bonchev–Trinajstić information content (AvgIpc) is 2.16. The number of hydrogen-bond acceptors (Lipinski definition) is 2. The van der Waals surface area contributed by atoms with Gasteiger partial charge in [-0.1, -0.05) is 12.1 Å². The van der Waals surface area contributed by atoms with Gasteiger partial charge in [-0.25, -0.2) is 4.39 Å². The molecule has 1 atom stereocenters. The molecule has 1 unspecified atom stereocenters. The summed E-state index contributed by atoms with van der Waals surface area (Å²) in [5.41, 5.74) is 1.47. The molecule has 1 aromatic carbocycles. The molecular weight excluding hydrogens is 183 g/mol. The van der Waals surface area contributed by atoms with Crippen molar-refractivity contribution in [1.29, 1.82) is 0 Å². The molecule has 0 bridgehead atoms. The van der Waals surface area contributed by atoms with Crippen molar-refractivity contribution in [2.75, 3.05) is 6.61 Å². The second kappa shape index (κ2) is 5.08. The first-order valence-electron chi connectivity index (χ1n) is 4.67. The monoisotopic (exact) mass is 198 g/mol. The van der Waals surface area contributed by atoms with E-state index in [1.807, 2.05) is 13.0 Å². The van der Waals surface area contributed by atoms with Gasteiger partial charge in [0, 0.05) is 0 Å². The summed E-state index contributed by atoms with van der Waals surface area (Å²) in [6.07, 6.45) is 0.0836. The molecule has 0 radical (unpaired) electrons. The van der Waals surface area contributed by atoms with Crippen LogP contribution in [0.15, 0.2) is 18.2 Å². The Morgan fingerprint density at radius 1 is 1.43 bits per heavy atom. The van der Waals surface area contributed by atoms with Crippen LogP contribution in [-0.4, -0.2) is 22.9 Å². The zero-order valence-corrected chi connectivity index (χ0v) is 8.20. The third-order valence-electron chi connectivity index (χ3n) is 2.17. The minimum Gasteiger partial charge on any atom is -0.394 e. The fourth-order valence-corrected chi connectivity index (χ4v) is 1.27. The summed E-state index contributed by atoms with van der Waals surface area (Å²) in [5.74, 6) is -0.241. The van der Waals surface area contributed by atoms with Gasteiger partial charge in [0.2, 0.25) is 0 Å². The van der Waals surface area contributed by atoms with Crippen LogP contribution in [0.25, 0.3) is 0 Å². The maximum Gasteiger partial charge on any atom is 0.126 e. The van der Waals surface area contributed by atoms with E-state index < -0.39 is 6.10 Å². The van der Waals surface area contributed by atoms with E-state index in [9.17, 15) is 4.39 Å². The summed E-state index contributed by atoms with van der Waals surface area (Å²) in [6, 6.07) is 5.03. The molecule has 1 rings (SSSR count). The molecule has 3 heteroatoms. The summed E-state index contributed by atoms with van der Waals surface area (Å²) < 4.78 is 13.3. The average molecular weight is 198 g/mol. The zero-order chi connectivity index (χ0) is 10.6. The van der Waals surface area contributed by atoms with Crippen LogP contribution in [-0.2, 0) is 6.42 Å². The second-order valence-electron chi connectivity index (χ2n) is 3.47. The zero-order valence-electron chi connectivity index (χ0n) is 8.20. The molecule has 0 fully saturated rings. The Bertz CT molecular complexity index is 299. The van der Waals surface area contributed by atoms with E-state index in [-0.39, 0.29) is 12.4 Å². The molecule has 1 aromatic rings. The summed E-state index contributed by atoms with van der Waals surface area (Å²) >= 11 is 0. The molecule has 78 valence electrons. The van der Waals surface area contributed by atoms with Gasteiger partial charge in [-0.15, -0.1) is 0 Å². The number of aryl methyl sites for hydroxylation is 2. The lowest BCUT2D eigenvalue weighted by atomic mass is 10.0. The molecular formula is C11H15FO2. The van der Waals surface area contributed by atoms with E-state index in [0.717, 1.165) is 5.56 Å². The lowest BCUT2D eigenvalue weighted by Crippen LogP contribution is -2.13. The molecule has 0 aliphatic heterocycles. The SMILES string of the molecule is Cc1ccc(CCC(O)CO)c(F)c1. The number of rotatable bonds is 4. The largest absolute Gasteiger partial charge is 0.394 e. The minimum absolute atomic E-state index is 0.241. The van der Waals surface area contributed by atoms with E-state index in [4.69, 9.17) is 10.2 Å². The number of hydrogen-bond donors (Lipinski definition) is 2. The molecule has 0 heterocycles. The highest BCUT2D eigenvalue weighted by Crippen LogP contribution is 2.12. The van der Waals surface area contributed by atoms with Crippen molar-refractivity contribution in [3.8, 4) is 0 Å². The standard InChI is InChI=1S/C11H15FO2/c1-8-2-3-9(11(12)6-8)4-5-10(14)7-13/h2-3,6,10,13-14H,4-5,7H2,1H3. The van der Waals surface area contributed by atoms with Gasteiger partial charge in [0.1, 0.15) is 5.82 Å². The molecule has 0 amide bonds. The first-order chi connectivity index (χ1) is 6.63. The smallest absolute Gasteiger partial charge is 0.126 e. The Labute approximate surface area is 83.0 Å². The molecule has 14 heavy (non-hydrogen) atoms. The predicted octanol–water partition coefficient (Wildman–Crippen LogP) is 1.42. The Hall–Kier alpha value is -0.930. The summed E-state index contributed by atoms with van der Waals surface area (Å²) in [6.45, 7) is 1.56. The van der Waals surface area contributed by atoms with Gasteiger partial charge in [0.25, 0.3) is 0 Å². The van der Waals surface area contributed by atoms with E-state index in [2.05, 4.69) is 0 Å². The lowest BCUT2D eigenvalue weighted by molar-refractivity contribution is 0.0884. The van der Waals surface area contributed by atoms with Gasteiger partial charge in [0.15, 0.2) is 0 Å². The van der Waals surface area contributed by atoms with Gasteiger partial charge in [0.05, 0.1) is 12.7 Å². The quantitative estimate of drug-likeness (QED) is 0.768. The highest BCUT2D eigenvalue weighted by atomic mass is 19.1. The minimum atomic E-state index is -0.754. The van der Waals surface area contributed by atoms with Gasteiger partial charge < -0.3 is 10.2 Å². The molecule has 0 saturated heterocycles. The van der Waals surface area contributed by atoms with E-state index in [0.29, 0.717) is 18.4 Å². The maximum absolute atomic E-state index is 13.3. The summed E-state index contributed by atoms with van der Waals surface area (Å²) in [5, 5.41) is 17.7. The predicted molar refractivity (Wildman–Crippen MR) is 52.6 cm³/mol. The topological polar surface area (TPSA) is 40.5 Å². The molecule has 2 N–H and O–H groups in total. The van der Waals surface area contributed by atoms with Gasteiger partial charge >= 0.3 is 0 Å². The van der Waals surface area contributed by atoms with Crippen molar-refractivity contribution in [1.82, 2.24) is 0 Å². The third-order valence-corrected chi connectivity index (χ3v) is 2.17. The highest BCUT2D eigenvalue weighted by Gasteiger charge is 2.06. The van der Waals surface area contributed by atoms with Crippen LogP contribution in [0.1, 0.15) is 17.5 Å². The Kier molecular flexibility index (Phi) is 4.04. The second-order valence-corrected chi connectivity index (χ2v) is 3.47. The van der Waals surface area contributed by atoms with Gasteiger partial charge in [-0.05, 0) is 37.0 Å². The maximum atomic E-state index is 13.3.